The minimum absolute atomic E-state index is 0.0624. The number of carboxylic acids is 1. The van der Waals surface area contributed by atoms with Gasteiger partial charge >= 0.3 is 11.9 Å². The minimum atomic E-state index is -1.05. The lowest BCUT2D eigenvalue weighted by Crippen LogP contribution is -2.23. The lowest BCUT2D eigenvalue weighted by Gasteiger charge is -2.20. The lowest BCUT2D eigenvalue weighted by molar-refractivity contribution is -0.140. The Kier molecular flexibility index (Phi) is 4.61. The second-order valence-corrected chi connectivity index (χ2v) is 4.93. The molecule has 0 aliphatic heterocycles. The highest BCUT2D eigenvalue weighted by Crippen LogP contribution is 2.31. The molecule has 0 bridgehead atoms. The van der Waals surface area contributed by atoms with Crippen LogP contribution in [0.3, 0.4) is 0 Å². The summed E-state index contributed by atoms with van der Waals surface area (Å²) in [5, 5.41) is 8.92. The van der Waals surface area contributed by atoms with Crippen molar-refractivity contribution in [1.82, 2.24) is 0 Å². The molecule has 5 heteroatoms. The monoisotopic (exact) mass is 278 g/mol. The van der Waals surface area contributed by atoms with Gasteiger partial charge in [0.25, 0.3) is 0 Å². The molecule has 0 spiro atoms. The van der Waals surface area contributed by atoms with E-state index in [1.165, 1.54) is 31.7 Å². The van der Waals surface area contributed by atoms with Crippen molar-refractivity contribution >= 4 is 11.9 Å². The first-order valence-corrected chi connectivity index (χ1v) is 6.75. The molecular weight excluding hydrogens is 260 g/mol. The van der Waals surface area contributed by atoms with Crippen LogP contribution in [-0.4, -0.2) is 24.2 Å². The van der Waals surface area contributed by atoms with Crippen molar-refractivity contribution in [3.05, 3.63) is 23.8 Å². The largest absolute Gasteiger partial charge is 0.493 e. The zero-order valence-electron chi connectivity index (χ0n) is 11.4. The van der Waals surface area contributed by atoms with Gasteiger partial charge in [-0.3, -0.25) is 4.79 Å². The molecule has 5 nitrogen and oxygen atoms in total. The maximum absolute atomic E-state index is 12.1. The molecule has 1 fully saturated rings. The summed E-state index contributed by atoms with van der Waals surface area (Å²) in [6.45, 7) is 0. The van der Waals surface area contributed by atoms with Crippen LogP contribution in [0, 0.1) is 5.92 Å². The average molecular weight is 278 g/mol. The van der Waals surface area contributed by atoms with Crippen molar-refractivity contribution in [1.29, 1.82) is 0 Å². The maximum atomic E-state index is 12.1. The molecule has 20 heavy (non-hydrogen) atoms. The fraction of sp³-hybridized carbons (Fsp3) is 0.467. The third-order valence-electron chi connectivity index (χ3n) is 3.56. The predicted octanol–water partition coefficient (Wildman–Crippen LogP) is 2.88. The zero-order chi connectivity index (χ0) is 14.5. The van der Waals surface area contributed by atoms with Gasteiger partial charge in [0.15, 0.2) is 11.5 Å². The molecule has 0 radical (unpaired) electrons. The van der Waals surface area contributed by atoms with Gasteiger partial charge in [0.05, 0.1) is 18.6 Å². The van der Waals surface area contributed by atoms with E-state index in [-0.39, 0.29) is 28.9 Å². The SMILES string of the molecule is COc1cc(C(=O)O)ccc1OC(=O)C1CCCCC1. The van der Waals surface area contributed by atoms with Gasteiger partial charge in [-0.1, -0.05) is 19.3 Å². The maximum Gasteiger partial charge on any atom is 0.335 e. The van der Waals surface area contributed by atoms with Crippen molar-refractivity contribution in [3.63, 3.8) is 0 Å². The number of esters is 1. The molecule has 0 amide bonds. The smallest absolute Gasteiger partial charge is 0.335 e. The van der Waals surface area contributed by atoms with E-state index in [1.54, 1.807) is 0 Å². The molecule has 1 aromatic rings. The standard InChI is InChI=1S/C15H18O5/c1-19-13-9-11(14(16)17)7-8-12(13)20-15(18)10-5-3-2-4-6-10/h7-10H,2-6H2,1H3,(H,16,17). The van der Waals surface area contributed by atoms with E-state index in [1.807, 2.05) is 0 Å². The van der Waals surface area contributed by atoms with Crippen LogP contribution in [-0.2, 0) is 4.79 Å². The topological polar surface area (TPSA) is 72.8 Å². The Labute approximate surface area is 117 Å². The second-order valence-electron chi connectivity index (χ2n) is 4.93. The number of carbonyl (C=O) groups is 2. The van der Waals surface area contributed by atoms with Crippen molar-refractivity contribution in [2.24, 2.45) is 5.92 Å². The van der Waals surface area contributed by atoms with Crippen LogP contribution in [0.25, 0.3) is 0 Å². The molecule has 1 N–H and O–H groups in total. The predicted molar refractivity (Wildman–Crippen MR) is 72.2 cm³/mol. The second kappa shape index (κ2) is 6.41. The summed E-state index contributed by atoms with van der Waals surface area (Å²) < 4.78 is 10.4. The molecule has 1 aliphatic rings. The Balaban J connectivity index is 2.11. The number of hydrogen-bond acceptors (Lipinski definition) is 4. The van der Waals surface area contributed by atoms with Crippen molar-refractivity contribution in [2.75, 3.05) is 7.11 Å². The molecule has 0 unspecified atom stereocenters. The first-order chi connectivity index (χ1) is 9.61. The van der Waals surface area contributed by atoms with Crippen molar-refractivity contribution < 1.29 is 24.2 Å². The number of hydrogen-bond donors (Lipinski definition) is 1. The highest BCUT2D eigenvalue weighted by Gasteiger charge is 2.24. The van der Waals surface area contributed by atoms with Crippen LogP contribution in [0.15, 0.2) is 18.2 Å². The molecule has 0 heterocycles. The number of benzene rings is 1. The van der Waals surface area contributed by atoms with Crippen molar-refractivity contribution in [3.8, 4) is 11.5 Å². The third kappa shape index (κ3) is 3.29. The van der Waals surface area contributed by atoms with Gasteiger partial charge in [0.1, 0.15) is 0 Å². The van der Waals surface area contributed by atoms with Gasteiger partial charge in [-0.05, 0) is 31.0 Å². The summed E-state index contributed by atoms with van der Waals surface area (Å²) in [6, 6.07) is 4.21. The van der Waals surface area contributed by atoms with Crippen LogP contribution < -0.4 is 9.47 Å². The van der Waals surface area contributed by atoms with E-state index >= 15 is 0 Å². The fourth-order valence-corrected chi connectivity index (χ4v) is 2.41. The number of methoxy groups -OCH3 is 1. The van der Waals surface area contributed by atoms with E-state index in [0.717, 1.165) is 25.7 Å². The average Bonchev–Trinajstić information content (AvgIpc) is 2.48. The molecule has 1 saturated carbocycles. The van der Waals surface area contributed by atoms with Crippen molar-refractivity contribution in [2.45, 2.75) is 32.1 Å². The highest BCUT2D eigenvalue weighted by molar-refractivity contribution is 5.88. The van der Waals surface area contributed by atoms with Gasteiger partial charge in [0, 0.05) is 0 Å². The van der Waals surface area contributed by atoms with Gasteiger partial charge in [-0.25, -0.2) is 4.79 Å². The summed E-state index contributed by atoms with van der Waals surface area (Å²) >= 11 is 0. The molecule has 0 saturated heterocycles. The van der Waals surface area contributed by atoms with E-state index in [9.17, 15) is 9.59 Å². The Morgan fingerprint density at radius 1 is 1.15 bits per heavy atom. The Morgan fingerprint density at radius 2 is 1.85 bits per heavy atom. The van der Waals surface area contributed by atoms with Crippen LogP contribution in [0.2, 0.25) is 0 Å². The van der Waals surface area contributed by atoms with E-state index in [4.69, 9.17) is 14.6 Å². The molecule has 1 aliphatic carbocycles. The third-order valence-corrected chi connectivity index (χ3v) is 3.56. The summed E-state index contributed by atoms with van der Waals surface area (Å²) in [5.41, 5.74) is 0.0966. The first kappa shape index (κ1) is 14.4. The summed E-state index contributed by atoms with van der Waals surface area (Å²) in [5.74, 6) is -0.839. The molecule has 1 aromatic carbocycles. The van der Waals surface area contributed by atoms with Crippen LogP contribution in [0.1, 0.15) is 42.5 Å². The first-order valence-electron chi connectivity index (χ1n) is 6.75. The summed E-state index contributed by atoms with van der Waals surface area (Å²) in [6.07, 6.45) is 4.98. The van der Waals surface area contributed by atoms with E-state index in [0.29, 0.717) is 0 Å². The molecule has 2 rings (SSSR count). The molecule has 108 valence electrons. The van der Waals surface area contributed by atoms with Crippen LogP contribution >= 0.6 is 0 Å². The van der Waals surface area contributed by atoms with Crippen LogP contribution in [0.5, 0.6) is 11.5 Å². The summed E-state index contributed by atoms with van der Waals surface area (Å²) in [4.78, 5) is 22.9. The quantitative estimate of drug-likeness (QED) is 0.677. The van der Waals surface area contributed by atoms with E-state index in [2.05, 4.69) is 0 Å². The number of ether oxygens (including phenoxy) is 2. The van der Waals surface area contributed by atoms with Gasteiger partial charge in [-0.15, -0.1) is 0 Å². The highest BCUT2D eigenvalue weighted by atomic mass is 16.6. The zero-order valence-corrected chi connectivity index (χ0v) is 11.4. The molecule has 0 aromatic heterocycles. The van der Waals surface area contributed by atoms with Crippen LogP contribution in [0.4, 0.5) is 0 Å². The van der Waals surface area contributed by atoms with Gasteiger partial charge in [0.2, 0.25) is 0 Å². The number of aromatic carboxylic acids is 1. The Hall–Kier alpha value is -2.04. The number of carbonyl (C=O) groups excluding carboxylic acids is 1. The van der Waals surface area contributed by atoms with Gasteiger partial charge < -0.3 is 14.6 Å². The fourth-order valence-electron chi connectivity index (χ4n) is 2.41. The number of rotatable bonds is 4. The van der Waals surface area contributed by atoms with Gasteiger partial charge in [-0.2, -0.15) is 0 Å². The summed E-state index contributed by atoms with van der Waals surface area (Å²) in [7, 11) is 1.42. The molecule has 0 atom stereocenters. The Bertz CT molecular complexity index is 503. The lowest BCUT2D eigenvalue weighted by atomic mass is 9.89. The minimum Gasteiger partial charge on any atom is -0.493 e. The van der Waals surface area contributed by atoms with E-state index < -0.39 is 5.97 Å². The normalized spacial score (nSPS) is 15.7. The molecular formula is C15H18O5. The number of carboxylic acid groups (broad SMARTS) is 1. The Morgan fingerprint density at radius 3 is 2.45 bits per heavy atom.